The van der Waals surface area contributed by atoms with Crippen LogP contribution in [0.25, 0.3) is 0 Å². The van der Waals surface area contributed by atoms with Gasteiger partial charge in [0.1, 0.15) is 0 Å². The predicted molar refractivity (Wildman–Crippen MR) is 88.2 cm³/mol. The van der Waals surface area contributed by atoms with Crippen molar-refractivity contribution in [3.63, 3.8) is 0 Å². The second-order valence-electron chi connectivity index (χ2n) is 5.91. The Bertz CT molecular complexity index is 492. The van der Waals surface area contributed by atoms with Gasteiger partial charge in [0.25, 0.3) is 0 Å². The van der Waals surface area contributed by atoms with Crippen molar-refractivity contribution in [2.75, 3.05) is 30.7 Å². The molecule has 1 aliphatic heterocycles. The zero-order chi connectivity index (χ0) is 15.1. The average molecular weight is 286 g/mol. The average Bonchev–Trinajstić information content (AvgIpc) is 2.49. The third kappa shape index (κ3) is 4.64. The number of nitrogens with zero attached hydrogens (tertiary/aromatic N) is 2. The highest BCUT2D eigenvalue weighted by Crippen LogP contribution is 2.19. The van der Waals surface area contributed by atoms with Crippen LogP contribution in [0.15, 0.2) is 18.2 Å². The molecule has 0 amide bonds. The number of anilines is 2. The van der Waals surface area contributed by atoms with E-state index in [2.05, 4.69) is 23.2 Å². The van der Waals surface area contributed by atoms with E-state index in [1.54, 1.807) is 0 Å². The van der Waals surface area contributed by atoms with Crippen molar-refractivity contribution in [1.29, 1.82) is 5.26 Å². The van der Waals surface area contributed by atoms with E-state index in [9.17, 15) is 0 Å². The molecule has 114 valence electrons. The van der Waals surface area contributed by atoms with Crippen LogP contribution in [0.3, 0.4) is 0 Å². The molecule has 1 aromatic rings. The van der Waals surface area contributed by atoms with E-state index >= 15 is 0 Å². The molecule has 0 aliphatic carbocycles. The van der Waals surface area contributed by atoms with Gasteiger partial charge in [-0.3, -0.25) is 0 Å². The van der Waals surface area contributed by atoms with Crippen molar-refractivity contribution in [2.45, 2.75) is 45.1 Å². The maximum absolute atomic E-state index is 8.79. The van der Waals surface area contributed by atoms with E-state index in [1.807, 2.05) is 18.2 Å². The first-order valence-electron chi connectivity index (χ1n) is 7.94. The van der Waals surface area contributed by atoms with Gasteiger partial charge in [-0.05, 0) is 56.5 Å². The molecule has 0 spiro atoms. The fraction of sp³-hybridized carbons (Fsp3) is 0.588. The van der Waals surface area contributed by atoms with Crippen LogP contribution in [0.4, 0.5) is 11.4 Å². The Labute approximate surface area is 127 Å². The van der Waals surface area contributed by atoms with Crippen LogP contribution in [0.1, 0.15) is 38.2 Å². The maximum atomic E-state index is 8.79. The van der Waals surface area contributed by atoms with E-state index in [-0.39, 0.29) is 0 Å². The van der Waals surface area contributed by atoms with Crippen molar-refractivity contribution < 1.29 is 0 Å². The van der Waals surface area contributed by atoms with Gasteiger partial charge in [-0.2, -0.15) is 5.26 Å². The molecule has 1 unspecified atom stereocenters. The van der Waals surface area contributed by atoms with Crippen LogP contribution >= 0.6 is 0 Å². The zero-order valence-electron chi connectivity index (χ0n) is 12.9. The quantitative estimate of drug-likeness (QED) is 0.623. The van der Waals surface area contributed by atoms with Crippen molar-refractivity contribution in [3.05, 3.63) is 23.8 Å². The second-order valence-corrected chi connectivity index (χ2v) is 5.91. The topological polar surface area (TPSA) is 65.1 Å². The summed E-state index contributed by atoms with van der Waals surface area (Å²) < 4.78 is 0. The highest BCUT2D eigenvalue weighted by Gasteiger charge is 2.16. The molecule has 21 heavy (non-hydrogen) atoms. The van der Waals surface area contributed by atoms with Gasteiger partial charge in [-0.1, -0.05) is 6.42 Å². The minimum absolute atomic E-state index is 0.368. The van der Waals surface area contributed by atoms with Crippen LogP contribution in [0, 0.1) is 11.3 Å². The Morgan fingerprint density at radius 1 is 1.43 bits per heavy atom. The predicted octanol–water partition coefficient (Wildman–Crippen LogP) is 3.01. The number of nitrogens with one attached hydrogen (secondary N) is 1. The smallest absolute Gasteiger partial charge is 0.0670 e. The van der Waals surface area contributed by atoms with Gasteiger partial charge in [0.2, 0.25) is 0 Å². The lowest BCUT2D eigenvalue weighted by molar-refractivity contribution is 0.160. The molecule has 1 atom stereocenters. The molecule has 4 nitrogen and oxygen atoms in total. The minimum atomic E-state index is 0.368. The molecule has 4 heteroatoms. The van der Waals surface area contributed by atoms with Crippen molar-refractivity contribution in [3.8, 4) is 6.07 Å². The standard InChI is InChI=1S/C17H26N4/c1-14-5-2-3-11-21(14)12-4-10-20-16-6-7-17(19)15(13-16)8-9-18/h6-7,13-14,20H,2-5,8,10-12,19H2,1H3. The molecule has 1 aliphatic rings. The molecule has 1 saturated heterocycles. The molecule has 0 aromatic heterocycles. The summed E-state index contributed by atoms with van der Waals surface area (Å²) in [4.78, 5) is 2.59. The Balaban J connectivity index is 1.75. The molecule has 3 N–H and O–H groups in total. The Morgan fingerprint density at radius 2 is 2.29 bits per heavy atom. The number of benzene rings is 1. The fourth-order valence-electron chi connectivity index (χ4n) is 2.96. The number of hydrogen-bond acceptors (Lipinski definition) is 4. The lowest BCUT2D eigenvalue weighted by Gasteiger charge is -2.33. The highest BCUT2D eigenvalue weighted by atomic mass is 15.2. The summed E-state index contributed by atoms with van der Waals surface area (Å²) in [7, 11) is 0. The van der Waals surface area contributed by atoms with Gasteiger partial charge in [0, 0.05) is 30.5 Å². The maximum Gasteiger partial charge on any atom is 0.0670 e. The van der Waals surface area contributed by atoms with Crippen molar-refractivity contribution >= 4 is 11.4 Å². The first-order valence-corrected chi connectivity index (χ1v) is 7.94. The SMILES string of the molecule is CC1CCCCN1CCCNc1ccc(N)c(CC#N)c1. The molecule has 0 saturated carbocycles. The molecule has 1 fully saturated rings. The van der Waals surface area contributed by atoms with Gasteiger partial charge in [0.05, 0.1) is 12.5 Å². The molecule has 1 aromatic carbocycles. The molecule has 0 bridgehead atoms. The molecule has 1 heterocycles. The van der Waals surface area contributed by atoms with Crippen LogP contribution in [-0.4, -0.2) is 30.6 Å². The minimum Gasteiger partial charge on any atom is -0.398 e. The van der Waals surface area contributed by atoms with E-state index in [0.29, 0.717) is 12.1 Å². The summed E-state index contributed by atoms with van der Waals surface area (Å²) in [5.41, 5.74) is 8.52. The number of nitrogens with two attached hydrogens (primary N) is 1. The Hall–Kier alpha value is -1.73. The lowest BCUT2D eigenvalue weighted by Crippen LogP contribution is -2.38. The summed E-state index contributed by atoms with van der Waals surface area (Å²) in [6, 6.07) is 8.74. The fourth-order valence-corrected chi connectivity index (χ4v) is 2.96. The molecular formula is C17H26N4. The lowest BCUT2D eigenvalue weighted by atomic mass is 10.0. The number of piperidine rings is 1. The molecule has 0 radical (unpaired) electrons. The summed E-state index contributed by atoms with van der Waals surface area (Å²) >= 11 is 0. The number of nitriles is 1. The molecule has 2 rings (SSSR count). The summed E-state index contributed by atoms with van der Waals surface area (Å²) in [5, 5.41) is 12.2. The molecular weight excluding hydrogens is 260 g/mol. The first-order chi connectivity index (χ1) is 10.2. The van der Waals surface area contributed by atoms with E-state index in [1.165, 1.54) is 25.8 Å². The summed E-state index contributed by atoms with van der Waals surface area (Å²) in [5.74, 6) is 0. The van der Waals surface area contributed by atoms with Gasteiger partial charge >= 0.3 is 0 Å². The van der Waals surface area contributed by atoms with Gasteiger partial charge in [-0.15, -0.1) is 0 Å². The van der Waals surface area contributed by atoms with E-state index in [0.717, 1.165) is 36.8 Å². The van der Waals surface area contributed by atoms with Crippen LogP contribution in [0.5, 0.6) is 0 Å². The number of likely N-dealkylation sites (tertiary alicyclic amines) is 1. The first kappa shape index (κ1) is 15.7. The van der Waals surface area contributed by atoms with Gasteiger partial charge < -0.3 is 16.0 Å². The zero-order valence-corrected chi connectivity index (χ0v) is 12.9. The van der Waals surface area contributed by atoms with Gasteiger partial charge in [-0.25, -0.2) is 0 Å². The Kier molecular flexibility index (Phi) is 5.89. The van der Waals surface area contributed by atoms with E-state index < -0.39 is 0 Å². The largest absolute Gasteiger partial charge is 0.398 e. The van der Waals surface area contributed by atoms with Crippen LogP contribution in [-0.2, 0) is 6.42 Å². The van der Waals surface area contributed by atoms with Crippen LogP contribution in [0.2, 0.25) is 0 Å². The third-order valence-electron chi connectivity index (χ3n) is 4.30. The highest BCUT2D eigenvalue weighted by molar-refractivity contribution is 5.57. The summed E-state index contributed by atoms with van der Waals surface area (Å²) in [6.07, 6.45) is 5.56. The van der Waals surface area contributed by atoms with Crippen molar-refractivity contribution in [1.82, 2.24) is 4.90 Å². The number of rotatable bonds is 6. The van der Waals surface area contributed by atoms with Crippen molar-refractivity contribution in [2.24, 2.45) is 0 Å². The summed E-state index contributed by atoms with van der Waals surface area (Å²) in [6.45, 7) is 5.70. The third-order valence-corrected chi connectivity index (χ3v) is 4.30. The number of hydrogen-bond donors (Lipinski definition) is 2. The van der Waals surface area contributed by atoms with E-state index in [4.69, 9.17) is 11.0 Å². The Morgan fingerprint density at radius 3 is 3.05 bits per heavy atom. The second kappa shape index (κ2) is 7.90. The van der Waals surface area contributed by atoms with Crippen LogP contribution < -0.4 is 11.1 Å². The van der Waals surface area contributed by atoms with Gasteiger partial charge in [0.15, 0.2) is 0 Å². The monoisotopic (exact) mass is 286 g/mol. The number of nitrogen functional groups attached to an aromatic ring is 1. The normalized spacial score (nSPS) is 19.1.